The van der Waals surface area contributed by atoms with Crippen LogP contribution >= 0.6 is 36.2 Å². The fourth-order valence-corrected chi connectivity index (χ4v) is 4.59. The van der Waals surface area contributed by atoms with Crippen LogP contribution in [0.25, 0.3) is 10.6 Å². The Hall–Kier alpha value is -1.21. The van der Waals surface area contributed by atoms with E-state index in [2.05, 4.69) is 15.3 Å². The number of hydrogen-bond acceptors (Lipinski definition) is 5. The van der Waals surface area contributed by atoms with Gasteiger partial charge in [-0.3, -0.25) is 9.78 Å². The van der Waals surface area contributed by atoms with Crippen LogP contribution in [0.3, 0.4) is 0 Å². The minimum atomic E-state index is 0. The van der Waals surface area contributed by atoms with Crippen molar-refractivity contribution in [3.8, 4) is 10.6 Å². The summed E-state index contributed by atoms with van der Waals surface area (Å²) in [7, 11) is 1.93. The van der Waals surface area contributed by atoms with Crippen LogP contribution in [0.2, 0.25) is 0 Å². The molecular formula is C17H22Cl2N4OS. The van der Waals surface area contributed by atoms with Crippen LogP contribution in [-0.2, 0) is 0 Å². The van der Waals surface area contributed by atoms with Gasteiger partial charge in [0.05, 0.1) is 6.20 Å². The molecule has 136 valence electrons. The summed E-state index contributed by atoms with van der Waals surface area (Å²) in [6, 6.07) is 5.35. The maximum atomic E-state index is 12.8. The van der Waals surface area contributed by atoms with E-state index in [9.17, 15) is 4.79 Å². The van der Waals surface area contributed by atoms with Crippen molar-refractivity contribution in [1.29, 1.82) is 0 Å². The molecule has 2 aliphatic rings. The van der Waals surface area contributed by atoms with Crippen LogP contribution in [-0.4, -0.2) is 45.9 Å². The zero-order valence-corrected chi connectivity index (χ0v) is 16.4. The molecule has 2 unspecified atom stereocenters. The summed E-state index contributed by atoms with van der Waals surface area (Å²) in [4.78, 5) is 23.9. The average molecular weight is 401 g/mol. The van der Waals surface area contributed by atoms with Gasteiger partial charge in [-0.25, -0.2) is 4.98 Å². The zero-order valence-electron chi connectivity index (χ0n) is 13.9. The first-order valence-corrected chi connectivity index (χ1v) is 8.92. The fraction of sp³-hybridized carbons (Fsp3) is 0.471. The smallest absolute Gasteiger partial charge is 0.265 e. The largest absolute Gasteiger partial charge is 0.338 e. The summed E-state index contributed by atoms with van der Waals surface area (Å²) in [5.74, 6) is 0.0918. The Morgan fingerprint density at radius 1 is 1.20 bits per heavy atom. The second-order valence-electron chi connectivity index (χ2n) is 6.44. The molecule has 2 aromatic rings. The Kier molecular flexibility index (Phi) is 6.79. The van der Waals surface area contributed by atoms with Gasteiger partial charge in [-0.1, -0.05) is 0 Å². The molecule has 2 atom stereocenters. The van der Waals surface area contributed by atoms with Crippen molar-refractivity contribution < 1.29 is 4.79 Å². The molecule has 25 heavy (non-hydrogen) atoms. The third-order valence-electron chi connectivity index (χ3n) is 4.96. The van der Waals surface area contributed by atoms with Crippen LogP contribution in [0.5, 0.6) is 0 Å². The maximum Gasteiger partial charge on any atom is 0.265 e. The van der Waals surface area contributed by atoms with E-state index in [4.69, 9.17) is 0 Å². The molecule has 2 fully saturated rings. The number of pyridine rings is 1. The van der Waals surface area contributed by atoms with E-state index in [0.717, 1.165) is 23.4 Å². The van der Waals surface area contributed by atoms with Crippen molar-refractivity contribution in [2.45, 2.75) is 43.8 Å². The number of hydrogen-bond donors (Lipinski definition) is 1. The van der Waals surface area contributed by atoms with E-state index in [0.29, 0.717) is 23.0 Å². The van der Waals surface area contributed by atoms with Gasteiger partial charge in [-0.05, 0) is 37.8 Å². The topological polar surface area (TPSA) is 58.1 Å². The molecule has 0 aromatic carbocycles. The predicted molar refractivity (Wildman–Crippen MR) is 105 cm³/mol. The monoisotopic (exact) mass is 400 g/mol. The molecule has 2 saturated heterocycles. The van der Waals surface area contributed by atoms with Gasteiger partial charge in [-0.15, -0.1) is 36.2 Å². The van der Waals surface area contributed by atoms with E-state index in [1.54, 1.807) is 18.6 Å². The lowest BCUT2D eigenvalue weighted by Crippen LogP contribution is -2.48. The Balaban J connectivity index is 0.00000113. The fourth-order valence-electron chi connectivity index (χ4n) is 3.68. The molecule has 2 aliphatic heterocycles. The lowest BCUT2D eigenvalue weighted by atomic mass is 9.98. The highest BCUT2D eigenvalue weighted by molar-refractivity contribution is 7.16. The van der Waals surface area contributed by atoms with Crippen molar-refractivity contribution in [2.24, 2.45) is 0 Å². The Labute approximate surface area is 164 Å². The van der Waals surface area contributed by atoms with E-state index in [-0.39, 0.29) is 30.7 Å². The first-order chi connectivity index (χ1) is 11.2. The molecule has 5 nitrogen and oxygen atoms in total. The Bertz CT molecular complexity index is 700. The number of halogens is 2. The molecule has 4 rings (SSSR count). The van der Waals surface area contributed by atoms with Crippen LogP contribution in [0.4, 0.5) is 0 Å². The van der Waals surface area contributed by atoms with Gasteiger partial charge in [0.25, 0.3) is 5.91 Å². The minimum Gasteiger partial charge on any atom is -0.338 e. The van der Waals surface area contributed by atoms with E-state index in [1.807, 2.05) is 24.1 Å². The second-order valence-corrected chi connectivity index (χ2v) is 7.48. The summed E-state index contributed by atoms with van der Waals surface area (Å²) in [5.41, 5.74) is 1.01. The number of carbonyl (C=O) groups is 1. The molecule has 0 spiro atoms. The van der Waals surface area contributed by atoms with Crippen molar-refractivity contribution in [3.05, 3.63) is 35.6 Å². The number of carbonyl (C=O) groups excluding carboxylic acids is 1. The molecule has 0 radical (unpaired) electrons. The Morgan fingerprint density at radius 2 is 1.84 bits per heavy atom. The lowest BCUT2D eigenvalue weighted by Gasteiger charge is -2.35. The summed E-state index contributed by atoms with van der Waals surface area (Å²) in [5, 5.41) is 4.50. The van der Waals surface area contributed by atoms with Crippen LogP contribution in [0, 0.1) is 0 Å². The third-order valence-corrected chi connectivity index (χ3v) is 5.99. The molecule has 1 N–H and O–H groups in total. The van der Waals surface area contributed by atoms with Crippen molar-refractivity contribution in [2.75, 3.05) is 7.05 Å². The van der Waals surface area contributed by atoms with Gasteiger partial charge in [0.15, 0.2) is 0 Å². The number of nitrogens with one attached hydrogen (secondary N) is 1. The molecule has 0 saturated carbocycles. The van der Waals surface area contributed by atoms with Crippen molar-refractivity contribution in [3.63, 3.8) is 0 Å². The minimum absolute atomic E-state index is 0. The molecular weight excluding hydrogens is 379 g/mol. The van der Waals surface area contributed by atoms with Gasteiger partial charge in [0, 0.05) is 43.1 Å². The van der Waals surface area contributed by atoms with Gasteiger partial charge >= 0.3 is 0 Å². The third kappa shape index (κ3) is 4.14. The molecule has 2 bridgehead atoms. The number of rotatable bonds is 3. The van der Waals surface area contributed by atoms with Crippen molar-refractivity contribution in [1.82, 2.24) is 20.2 Å². The summed E-state index contributed by atoms with van der Waals surface area (Å²) < 4.78 is 0. The molecule has 0 aliphatic carbocycles. The normalized spacial score (nSPS) is 24.1. The van der Waals surface area contributed by atoms with Crippen molar-refractivity contribution >= 4 is 42.1 Å². The summed E-state index contributed by atoms with van der Waals surface area (Å²) in [6.45, 7) is 0. The highest BCUT2D eigenvalue weighted by atomic mass is 35.5. The van der Waals surface area contributed by atoms with Gasteiger partial charge in [0.2, 0.25) is 0 Å². The van der Waals surface area contributed by atoms with Gasteiger partial charge in [-0.2, -0.15) is 0 Å². The zero-order chi connectivity index (χ0) is 15.8. The molecule has 2 aromatic heterocycles. The van der Waals surface area contributed by atoms with Crippen LogP contribution < -0.4 is 5.32 Å². The number of fused-ring (bicyclic) bond motifs is 2. The predicted octanol–water partition coefficient (Wildman–Crippen LogP) is 3.40. The SMILES string of the molecule is CN(C(=O)c1cnc(-c2ccncc2)s1)C1CC2CCC(C1)N2.Cl.Cl. The number of piperidine rings is 1. The summed E-state index contributed by atoms with van der Waals surface area (Å²) in [6.07, 6.45) is 9.81. The standard InChI is InChI=1S/C17H20N4OS.2ClH/c1-21(14-8-12-2-3-13(9-14)20-12)17(22)15-10-19-16(23-15)11-4-6-18-7-5-11;;/h4-7,10,12-14,20H,2-3,8-9H2,1H3;2*1H. The maximum absolute atomic E-state index is 12.8. The number of nitrogens with zero attached hydrogens (tertiary/aromatic N) is 3. The quantitative estimate of drug-likeness (QED) is 0.857. The van der Waals surface area contributed by atoms with E-state index < -0.39 is 0 Å². The molecule has 4 heterocycles. The number of amides is 1. The van der Waals surface area contributed by atoms with Gasteiger partial charge in [0.1, 0.15) is 9.88 Å². The average Bonchev–Trinajstić information content (AvgIpc) is 3.21. The lowest BCUT2D eigenvalue weighted by molar-refractivity contribution is 0.0686. The summed E-state index contributed by atoms with van der Waals surface area (Å²) >= 11 is 1.46. The highest BCUT2D eigenvalue weighted by Gasteiger charge is 2.36. The first-order valence-electron chi connectivity index (χ1n) is 8.10. The first kappa shape index (κ1) is 20.1. The highest BCUT2D eigenvalue weighted by Crippen LogP contribution is 2.31. The van der Waals surface area contributed by atoms with Gasteiger partial charge < -0.3 is 10.2 Å². The van der Waals surface area contributed by atoms with Crippen LogP contribution in [0.15, 0.2) is 30.7 Å². The number of thiazole rings is 1. The second kappa shape index (κ2) is 8.45. The molecule has 8 heteroatoms. The van der Waals surface area contributed by atoms with E-state index >= 15 is 0 Å². The molecule has 1 amide bonds. The van der Waals surface area contributed by atoms with Crippen LogP contribution in [0.1, 0.15) is 35.4 Å². The Morgan fingerprint density at radius 3 is 2.48 bits per heavy atom. The number of aromatic nitrogens is 2. The van der Waals surface area contributed by atoms with E-state index in [1.165, 1.54) is 24.2 Å².